The van der Waals surface area contributed by atoms with Crippen molar-refractivity contribution in [1.29, 1.82) is 5.26 Å². The number of hydrogen-bond acceptors (Lipinski definition) is 4. The molecule has 0 aliphatic rings. The summed E-state index contributed by atoms with van der Waals surface area (Å²) in [4.78, 5) is 8.49. The molecule has 2 rings (SSSR count). The minimum absolute atomic E-state index is 0.276. The smallest absolute Gasteiger partial charge is 0.223 e. The molecular weight excluding hydrogens is 243 g/mol. The summed E-state index contributed by atoms with van der Waals surface area (Å²) in [6.45, 7) is 4.50. The van der Waals surface area contributed by atoms with Gasteiger partial charge in [-0.3, -0.25) is 0 Å². The van der Waals surface area contributed by atoms with Gasteiger partial charge in [-0.1, -0.05) is 0 Å². The number of halogens is 1. The molecule has 0 bridgehead atoms. The van der Waals surface area contributed by atoms with Crippen LogP contribution < -0.4 is 5.32 Å². The maximum absolute atomic E-state index is 13.5. The highest BCUT2D eigenvalue weighted by Gasteiger charge is 2.09. The summed E-state index contributed by atoms with van der Waals surface area (Å²) >= 11 is 0. The molecule has 4 nitrogen and oxygen atoms in total. The normalized spacial score (nSPS) is 10.0. The number of hydrogen-bond donors (Lipinski definition) is 1. The molecule has 0 aliphatic heterocycles. The monoisotopic (exact) mass is 256 g/mol. The molecule has 1 heterocycles. The molecule has 2 aromatic rings. The molecule has 1 aromatic carbocycles. The first-order valence-electron chi connectivity index (χ1n) is 5.92. The van der Waals surface area contributed by atoms with Crippen LogP contribution in [-0.4, -0.2) is 16.5 Å². The summed E-state index contributed by atoms with van der Waals surface area (Å²) in [5.74, 6) is 0.0444. The van der Waals surface area contributed by atoms with Gasteiger partial charge in [-0.05, 0) is 37.6 Å². The summed E-state index contributed by atoms with van der Waals surface area (Å²) in [5, 5.41) is 11.9. The Morgan fingerprint density at radius 1 is 1.37 bits per heavy atom. The molecule has 19 heavy (non-hydrogen) atoms. The SMILES string of the molecule is CCNc1ncc(C)c(-c2cc(F)cc(C#N)c2)n1. The van der Waals surface area contributed by atoms with Crippen LogP contribution in [0.2, 0.25) is 0 Å². The highest BCUT2D eigenvalue weighted by Crippen LogP contribution is 2.23. The van der Waals surface area contributed by atoms with E-state index in [2.05, 4.69) is 15.3 Å². The Balaban J connectivity index is 2.54. The minimum Gasteiger partial charge on any atom is -0.354 e. The highest BCUT2D eigenvalue weighted by molar-refractivity contribution is 5.65. The molecule has 0 aliphatic carbocycles. The van der Waals surface area contributed by atoms with Crippen LogP contribution in [0, 0.1) is 24.1 Å². The van der Waals surface area contributed by atoms with Gasteiger partial charge < -0.3 is 5.32 Å². The third-order valence-electron chi connectivity index (χ3n) is 2.61. The van der Waals surface area contributed by atoms with Crippen molar-refractivity contribution in [2.75, 3.05) is 11.9 Å². The Morgan fingerprint density at radius 2 is 2.16 bits per heavy atom. The van der Waals surface area contributed by atoms with Crippen molar-refractivity contribution in [3.05, 3.63) is 41.3 Å². The van der Waals surface area contributed by atoms with Gasteiger partial charge in [0.2, 0.25) is 5.95 Å². The molecule has 0 unspecified atom stereocenters. The zero-order valence-electron chi connectivity index (χ0n) is 10.7. The molecule has 0 fully saturated rings. The Morgan fingerprint density at radius 3 is 2.84 bits per heavy atom. The largest absolute Gasteiger partial charge is 0.354 e. The van der Waals surface area contributed by atoms with Gasteiger partial charge in [-0.2, -0.15) is 5.26 Å². The summed E-state index contributed by atoms with van der Waals surface area (Å²) in [6, 6.07) is 6.12. The number of rotatable bonds is 3. The van der Waals surface area contributed by atoms with Gasteiger partial charge in [0.05, 0.1) is 17.3 Å². The molecule has 0 radical (unpaired) electrons. The summed E-state index contributed by atoms with van der Waals surface area (Å²) < 4.78 is 13.5. The van der Waals surface area contributed by atoms with Gasteiger partial charge in [0.15, 0.2) is 0 Å². The second-order valence-electron chi connectivity index (χ2n) is 4.10. The lowest BCUT2D eigenvalue weighted by atomic mass is 10.1. The lowest BCUT2D eigenvalue weighted by molar-refractivity contribution is 0.628. The van der Waals surface area contributed by atoms with E-state index in [-0.39, 0.29) is 5.56 Å². The van der Waals surface area contributed by atoms with Gasteiger partial charge in [0.25, 0.3) is 0 Å². The Kier molecular flexibility index (Phi) is 3.71. The van der Waals surface area contributed by atoms with Crippen LogP contribution in [0.5, 0.6) is 0 Å². The standard InChI is InChI=1S/C14H13FN4/c1-3-17-14-18-8-9(2)13(19-14)11-4-10(7-16)5-12(15)6-11/h4-6,8H,3H2,1-2H3,(H,17,18,19). The second kappa shape index (κ2) is 5.44. The van der Waals surface area contributed by atoms with E-state index in [1.165, 1.54) is 12.1 Å². The van der Waals surface area contributed by atoms with Crippen molar-refractivity contribution < 1.29 is 4.39 Å². The third-order valence-corrected chi connectivity index (χ3v) is 2.61. The minimum atomic E-state index is -0.447. The average molecular weight is 256 g/mol. The van der Waals surface area contributed by atoms with E-state index in [4.69, 9.17) is 5.26 Å². The first kappa shape index (κ1) is 13.0. The van der Waals surface area contributed by atoms with E-state index in [0.29, 0.717) is 23.8 Å². The van der Waals surface area contributed by atoms with E-state index < -0.39 is 5.82 Å². The van der Waals surface area contributed by atoms with Crippen LogP contribution in [0.4, 0.5) is 10.3 Å². The average Bonchev–Trinajstić information content (AvgIpc) is 2.40. The third kappa shape index (κ3) is 2.86. The molecule has 96 valence electrons. The second-order valence-corrected chi connectivity index (χ2v) is 4.10. The fourth-order valence-corrected chi connectivity index (χ4v) is 1.77. The van der Waals surface area contributed by atoms with Crippen molar-refractivity contribution in [2.45, 2.75) is 13.8 Å². The number of aryl methyl sites for hydroxylation is 1. The highest BCUT2D eigenvalue weighted by atomic mass is 19.1. The number of aromatic nitrogens is 2. The van der Waals surface area contributed by atoms with Gasteiger partial charge in [-0.25, -0.2) is 14.4 Å². The summed E-state index contributed by atoms with van der Waals surface area (Å²) in [6.07, 6.45) is 1.68. The number of anilines is 1. The fourth-order valence-electron chi connectivity index (χ4n) is 1.77. The molecule has 5 heteroatoms. The van der Waals surface area contributed by atoms with Crippen molar-refractivity contribution in [2.24, 2.45) is 0 Å². The topological polar surface area (TPSA) is 61.6 Å². The van der Waals surface area contributed by atoms with Crippen molar-refractivity contribution in [3.8, 4) is 17.3 Å². The number of nitrogens with one attached hydrogen (secondary N) is 1. The van der Waals surface area contributed by atoms with E-state index in [9.17, 15) is 4.39 Å². The maximum Gasteiger partial charge on any atom is 0.223 e. The predicted molar refractivity (Wildman–Crippen MR) is 71.0 cm³/mol. The number of nitrogens with zero attached hydrogens (tertiary/aromatic N) is 3. The number of nitriles is 1. The van der Waals surface area contributed by atoms with Crippen LogP contribution in [-0.2, 0) is 0 Å². The lowest BCUT2D eigenvalue weighted by Crippen LogP contribution is -2.03. The van der Waals surface area contributed by atoms with Crippen LogP contribution in [0.1, 0.15) is 18.1 Å². The van der Waals surface area contributed by atoms with E-state index in [1.807, 2.05) is 19.9 Å². The van der Waals surface area contributed by atoms with Gasteiger partial charge in [0, 0.05) is 18.3 Å². The van der Waals surface area contributed by atoms with Crippen molar-refractivity contribution in [3.63, 3.8) is 0 Å². The van der Waals surface area contributed by atoms with Crippen molar-refractivity contribution in [1.82, 2.24) is 9.97 Å². The Hall–Kier alpha value is -2.48. The first-order chi connectivity index (χ1) is 9.13. The molecule has 0 atom stereocenters. The quantitative estimate of drug-likeness (QED) is 0.917. The van der Waals surface area contributed by atoms with Gasteiger partial charge >= 0.3 is 0 Å². The Labute approximate surface area is 110 Å². The molecular formula is C14H13FN4. The zero-order chi connectivity index (χ0) is 13.8. The van der Waals surface area contributed by atoms with Crippen LogP contribution >= 0.6 is 0 Å². The molecule has 0 amide bonds. The molecule has 1 aromatic heterocycles. The van der Waals surface area contributed by atoms with Gasteiger partial charge in [0.1, 0.15) is 5.82 Å². The lowest BCUT2D eigenvalue weighted by Gasteiger charge is -2.08. The van der Waals surface area contributed by atoms with Crippen LogP contribution in [0.15, 0.2) is 24.4 Å². The van der Waals surface area contributed by atoms with Crippen LogP contribution in [0.25, 0.3) is 11.3 Å². The molecule has 0 spiro atoms. The van der Waals surface area contributed by atoms with Crippen molar-refractivity contribution >= 4 is 5.95 Å². The summed E-state index contributed by atoms with van der Waals surface area (Å²) in [7, 11) is 0. The van der Waals surface area contributed by atoms with E-state index in [0.717, 1.165) is 5.56 Å². The van der Waals surface area contributed by atoms with Gasteiger partial charge in [-0.15, -0.1) is 0 Å². The predicted octanol–water partition coefficient (Wildman–Crippen LogP) is 2.89. The molecule has 0 saturated heterocycles. The fraction of sp³-hybridized carbons (Fsp3) is 0.214. The maximum atomic E-state index is 13.5. The summed E-state index contributed by atoms with van der Waals surface area (Å²) in [5.41, 5.74) is 2.31. The molecule has 0 saturated carbocycles. The number of benzene rings is 1. The first-order valence-corrected chi connectivity index (χ1v) is 5.92. The Bertz CT molecular complexity index is 646. The zero-order valence-corrected chi connectivity index (χ0v) is 10.7. The van der Waals surface area contributed by atoms with E-state index >= 15 is 0 Å². The van der Waals surface area contributed by atoms with Crippen LogP contribution in [0.3, 0.4) is 0 Å². The molecule has 1 N–H and O–H groups in total. The van der Waals surface area contributed by atoms with E-state index in [1.54, 1.807) is 12.3 Å².